The molecule has 2 N–H and O–H groups in total. The number of aromatic nitrogens is 4. The molecule has 0 saturated carbocycles. The second-order valence-corrected chi connectivity index (χ2v) is 4.32. The van der Waals surface area contributed by atoms with Crippen LogP contribution in [0.3, 0.4) is 0 Å². The number of aromatic amines is 1. The van der Waals surface area contributed by atoms with Crippen LogP contribution in [-0.2, 0) is 4.74 Å². The number of aliphatic hydroxyl groups is 1. The van der Waals surface area contributed by atoms with E-state index in [1.54, 1.807) is 12.5 Å². The Balaban J connectivity index is 1.79. The van der Waals surface area contributed by atoms with Gasteiger partial charge in [0.2, 0.25) is 0 Å². The summed E-state index contributed by atoms with van der Waals surface area (Å²) >= 11 is 0. The molecule has 0 amide bonds. The summed E-state index contributed by atoms with van der Waals surface area (Å²) in [5.74, 6) is 0.932. The van der Waals surface area contributed by atoms with Crippen molar-refractivity contribution >= 4 is 11.2 Å². The van der Waals surface area contributed by atoms with Gasteiger partial charge in [0.25, 0.3) is 0 Å². The molecule has 2 aromatic rings. The van der Waals surface area contributed by atoms with E-state index in [9.17, 15) is 0 Å². The Kier molecular flexibility index (Phi) is 2.74. The van der Waals surface area contributed by atoms with E-state index in [0.29, 0.717) is 18.1 Å². The highest BCUT2D eigenvalue weighted by atomic mass is 16.5. The van der Waals surface area contributed by atoms with Gasteiger partial charge in [-0.05, 0) is 12.8 Å². The number of nitrogens with one attached hydrogen (secondary N) is 1. The van der Waals surface area contributed by atoms with Gasteiger partial charge in [0.1, 0.15) is 11.6 Å². The van der Waals surface area contributed by atoms with Gasteiger partial charge in [-0.3, -0.25) is 0 Å². The molecule has 2 unspecified atom stereocenters. The maximum Gasteiger partial charge on any atom is 0.180 e. The maximum absolute atomic E-state index is 9.04. The maximum atomic E-state index is 9.04. The van der Waals surface area contributed by atoms with Gasteiger partial charge in [0, 0.05) is 12.5 Å². The zero-order chi connectivity index (χ0) is 11.7. The van der Waals surface area contributed by atoms with E-state index in [1.165, 1.54) is 0 Å². The summed E-state index contributed by atoms with van der Waals surface area (Å²) in [7, 11) is 0. The van der Waals surface area contributed by atoms with Gasteiger partial charge >= 0.3 is 0 Å². The van der Waals surface area contributed by atoms with Crippen LogP contribution in [0.5, 0.6) is 0 Å². The van der Waals surface area contributed by atoms with Crippen molar-refractivity contribution in [2.45, 2.75) is 18.9 Å². The summed E-state index contributed by atoms with van der Waals surface area (Å²) in [4.78, 5) is 15.7. The fraction of sp³-hybridized carbons (Fsp3) is 0.545. The average Bonchev–Trinajstić information content (AvgIpc) is 2.86. The molecular weight excluding hydrogens is 220 g/mol. The van der Waals surface area contributed by atoms with Crippen LogP contribution in [0.25, 0.3) is 11.2 Å². The molecule has 2 aromatic heterocycles. The Hall–Kier alpha value is -1.53. The quantitative estimate of drug-likeness (QED) is 0.803. The summed E-state index contributed by atoms with van der Waals surface area (Å²) in [5.41, 5.74) is 1.50. The highest BCUT2D eigenvalue weighted by Crippen LogP contribution is 2.28. The van der Waals surface area contributed by atoms with Crippen LogP contribution < -0.4 is 0 Å². The van der Waals surface area contributed by atoms with Crippen molar-refractivity contribution in [2.75, 3.05) is 13.2 Å². The third-order valence-electron chi connectivity index (χ3n) is 3.11. The van der Waals surface area contributed by atoms with Crippen LogP contribution in [-0.4, -0.2) is 38.3 Å². The topological polar surface area (TPSA) is 83.9 Å². The first kappa shape index (κ1) is 10.6. The van der Waals surface area contributed by atoms with Crippen molar-refractivity contribution < 1.29 is 9.84 Å². The van der Waals surface area contributed by atoms with Crippen molar-refractivity contribution in [1.82, 2.24) is 19.9 Å². The summed E-state index contributed by atoms with van der Waals surface area (Å²) in [6.45, 7) is 0.759. The first-order valence-electron chi connectivity index (χ1n) is 5.75. The molecule has 6 heteroatoms. The highest BCUT2D eigenvalue weighted by molar-refractivity contribution is 5.68. The fourth-order valence-corrected chi connectivity index (χ4v) is 2.06. The van der Waals surface area contributed by atoms with Crippen LogP contribution in [0.1, 0.15) is 24.8 Å². The fourth-order valence-electron chi connectivity index (χ4n) is 2.06. The zero-order valence-corrected chi connectivity index (χ0v) is 9.33. The number of hydrogen-bond donors (Lipinski definition) is 2. The standard InChI is InChI=1S/C11H14N4O2/c16-4-7-1-2-9(17-5-7)11-12-3-8-10(15-11)14-6-13-8/h3,6-7,9,16H,1-2,4-5H2,(H,12,13,14,15). The van der Waals surface area contributed by atoms with E-state index in [0.717, 1.165) is 18.4 Å². The first-order valence-corrected chi connectivity index (χ1v) is 5.75. The summed E-state index contributed by atoms with van der Waals surface area (Å²) in [6, 6.07) is 0. The summed E-state index contributed by atoms with van der Waals surface area (Å²) in [5, 5.41) is 9.04. The monoisotopic (exact) mass is 234 g/mol. The minimum absolute atomic E-state index is 0.0705. The van der Waals surface area contributed by atoms with Crippen molar-refractivity contribution in [2.24, 2.45) is 5.92 Å². The lowest BCUT2D eigenvalue weighted by Crippen LogP contribution is -2.24. The number of H-pyrrole nitrogens is 1. The number of imidazole rings is 1. The second kappa shape index (κ2) is 4.38. The Morgan fingerprint density at radius 2 is 2.35 bits per heavy atom. The number of aliphatic hydroxyl groups excluding tert-OH is 1. The molecule has 90 valence electrons. The van der Waals surface area contributed by atoms with Gasteiger partial charge in [-0.15, -0.1) is 0 Å². The Labute approximate surface area is 98.1 Å². The molecule has 0 bridgehead atoms. The predicted octanol–water partition coefficient (Wildman–Crippen LogP) is 0.813. The summed E-state index contributed by atoms with van der Waals surface area (Å²) in [6.07, 6.45) is 5.06. The molecule has 1 aliphatic rings. The van der Waals surface area contributed by atoms with E-state index in [2.05, 4.69) is 19.9 Å². The number of rotatable bonds is 2. The predicted molar refractivity (Wildman–Crippen MR) is 60.2 cm³/mol. The first-order chi connectivity index (χ1) is 8.36. The van der Waals surface area contributed by atoms with Crippen molar-refractivity contribution in [1.29, 1.82) is 0 Å². The molecule has 1 aliphatic heterocycles. The van der Waals surface area contributed by atoms with Gasteiger partial charge in [-0.1, -0.05) is 0 Å². The normalized spacial score (nSPS) is 25.2. The van der Waals surface area contributed by atoms with E-state index in [1.807, 2.05) is 0 Å². The van der Waals surface area contributed by atoms with Gasteiger partial charge in [-0.2, -0.15) is 0 Å². The van der Waals surface area contributed by atoms with Crippen molar-refractivity contribution in [3.63, 3.8) is 0 Å². The van der Waals surface area contributed by atoms with Crippen molar-refractivity contribution in [3.8, 4) is 0 Å². The molecule has 17 heavy (non-hydrogen) atoms. The molecule has 0 aromatic carbocycles. The minimum atomic E-state index is -0.0705. The minimum Gasteiger partial charge on any atom is -0.396 e. The largest absolute Gasteiger partial charge is 0.396 e. The average molecular weight is 234 g/mol. The third kappa shape index (κ3) is 2.01. The molecule has 6 nitrogen and oxygen atoms in total. The molecule has 1 saturated heterocycles. The molecule has 3 rings (SSSR count). The van der Waals surface area contributed by atoms with E-state index in [-0.39, 0.29) is 18.6 Å². The molecular formula is C11H14N4O2. The highest BCUT2D eigenvalue weighted by Gasteiger charge is 2.24. The van der Waals surface area contributed by atoms with Crippen LogP contribution >= 0.6 is 0 Å². The molecule has 0 aliphatic carbocycles. The number of fused-ring (bicyclic) bond motifs is 1. The van der Waals surface area contributed by atoms with Crippen LogP contribution in [0.15, 0.2) is 12.5 Å². The zero-order valence-electron chi connectivity index (χ0n) is 9.33. The van der Waals surface area contributed by atoms with E-state index in [4.69, 9.17) is 9.84 Å². The molecule has 0 spiro atoms. The van der Waals surface area contributed by atoms with Crippen molar-refractivity contribution in [3.05, 3.63) is 18.3 Å². The van der Waals surface area contributed by atoms with Crippen LogP contribution in [0, 0.1) is 5.92 Å². The molecule has 3 heterocycles. The Morgan fingerprint density at radius 3 is 3.12 bits per heavy atom. The molecule has 1 fully saturated rings. The number of hydrogen-bond acceptors (Lipinski definition) is 5. The number of ether oxygens (including phenoxy) is 1. The lowest BCUT2D eigenvalue weighted by atomic mass is 9.99. The van der Waals surface area contributed by atoms with E-state index < -0.39 is 0 Å². The van der Waals surface area contributed by atoms with Crippen LogP contribution in [0.2, 0.25) is 0 Å². The smallest absolute Gasteiger partial charge is 0.180 e. The Morgan fingerprint density at radius 1 is 1.41 bits per heavy atom. The second-order valence-electron chi connectivity index (χ2n) is 4.32. The Bertz CT molecular complexity index is 505. The lowest BCUT2D eigenvalue weighted by Gasteiger charge is -2.26. The lowest BCUT2D eigenvalue weighted by molar-refractivity contribution is -0.0353. The molecule has 2 atom stereocenters. The summed E-state index contributed by atoms with van der Waals surface area (Å²) < 4.78 is 5.67. The van der Waals surface area contributed by atoms with Gasteiger partial charge in [-0.25, -0.2) is 15.0 Å². The SMILES string of the molecule is OCC1CCC(c2ncc3[nH]cnc3n2)OC1. The van der Waals surface area contributed by atoms with Gasteiger partial charge in [0.15, 0.2) is 11.5 Å². The third-order valence-corrected chi connectivity index (χ3v) is 3.11. The number of nitrogens with zero attached hydrogens (tertiary/aromatic N) is 3. The van der Waals surface area contributed by atoms with E-state index >= 15 is 0 Å². The van der Waals surface area contributed by atoms with Gasteiger partial charge < -0.3 is 14.8 Å². The molecule has 0 radical (unpaired) electrons. The van der Waals surface area contributed by atoms with Crippen LogP contribution in [0.4, 0.5) is 0 Å². The van der Waals surface area contributed by atoms with Gasteiger partial charge in [0.05, 0.1) is 19.1 Å².